The van der Waals surface area contributed by atoms with Crippen LogP contribution in [0.1, 0.15) is 19.3 Å². The Kier molecular flexibility index (Phi) is 3.98. The molecule has 2 aliphatic rings. The Bertz CT molecular complexity index is 493. The van der Waals surface area contributed by atoms with Crippen molar-refractivity contribution in [1.29, 1.82) is 0 Å². The highest BCUT2D eigenvalue weighted by molar-refractivity contribution is 7.99. The van der Waals surface area contributed by atoms with E-state index in [1.165, 1.54) is 12.1 Å². The number of benzene rings is 1. The lowest BCUT2D eigenvalue weighted by Crippen LogP contribution is -2.34. The molecular formula is C15H18FNO2S. The molecule has 2 heterocycles. The maximum atomic E-state index is 12.8. The van der Waals surface area contributed by atoms with Gasteiger partial charge in [0.05, 0.1) is 5.92 Å². The number of hydrogen-bond donors (Lipinski definition) is 1. The van der Waals surface area contributed by atoms with E-state index in [-0.39, 0.29) is 17.8 Å². The Hall–Kier alpha value is -1.07. The van der Waals surface area contributed by atoms with Crippen molar-refractivity contribution in [3.05, 3.63) is 30.1 Å². The lowest BCUT2D eigenvalue weighted by atomic mass is 9.89. The third-order valence-corrected chi connectivity index (χ3v) is 5.42. The molecule has 20 heavy (non-hydrogen) atoms. The van der Waals surface area contributed by atoms with Gasteiger partial charge in [-0.25, -0.2) is 4.39 Å². The third kappa shape index (κ3) is 2.69. The summed E-state index contributed by atoms with van der Waals surface area (Å²) in [5, 5.41) is 9.22. The maximum Gasteiger partial charge on any atom is 0.308 e. The number of thioether (sulfide) groups is 1. The van der Waals surface area contributed by atoms with Crippen molar-refractivity contribution in [3.63, 3.8) is 0 Å². The van der Waals surface area contributed by atoms with Gasteiger partial charge in [0.25, 0.3) is 0 Å². The number of fused-ring (bicyclic) bond motifs is 2. The van der Waals surface area contributed by atoms with Crippen molar-refractivity contribution in [2.75, 3.05) is 12.3 Å². The average Bonchev–Trinajstić information content (AvgIpc) is 2.98. The van der Waals surface area contributed by atoms with Gasteiger partial charge in [-0.3, -0.25) is 9.69 Å². The Labute approximate surface area is 122 Å². The molecule has 0 radical (unpaired) electrons. The molecule has 3 nitrogen and oxygen atoms in total. The first-order valence-corrected chi connectivity index (χ1v) is 8.00. The predicted octanol–water partition coefficient (Wildman–Crippen LogP) is 2.86. The largest absolute Gasteiger partial charge is 0.481 e. The van der Waals surface area contributed by atoms with Crippen molar-refractivity contribution < 1.29 is 14.3 Å². The summed E-state index contributed by atoms with van der Waals surface area (Å²) in [5.74, 6) is -0.112. The lowest BCUT2D eigenvalue weighted by Gasteiger charge is -2.22. The molecule has 0 spiro atoms. The zero-order valence-corrected chi connectivity index (χ0v) is 12.0. The minimum Gasteiger partial charge on any atom is -0.481 e. The van der Waals surface area contributed by atoms with Gasteiger partial charge < -0.3 is 5.11 Å². The molecule has 2 bridgehead atoms. The Balaban J connectivity index is 1.52. The predicted molar refractivity (Wildman–Crippen MR) is 76.4 cm³/mol. The topological polar surface area (TPSA) is 40.5 Å². The van der Waals surface area contributed by atoms with Gasteiger partial charge in [0.2, 0.25) is 0 Å². The molecule has 0 saturated carbocycles. The second kappa shape index (κ2) is 5.74. The average molecular weight is 295 g/mol. The Morgan fingerprint density at radius 2 is 2.10 bits per heavy atom. The fourth-order valence-electron chi connectivity index (χ4n) is 3.51. The fraction of sp³-hybridized carbons (Fsp3) is 0.533. The van der Waals surface area contributed by atoms with Crippen LogP contribution in [-0.2, 0) is 4.79 Å². The molecule has 0 aliphatic carbocycles. The van der Waals surface area contributed by atoms with Gasteiger partial charge in [0.1, 0.15) is 5.82 Å². The van der Waals surface area contributed by atoms with Gasteiger partial charge in [-0.15, -0.1) is 11.8 Å². The van der Waals surface area contributed by atoms with Crippen LogP contribution < -0.4 is 0 Å². The summed E-state index contributed by atoms with van der Waals surface area (Å²) < 4.78 is 12.8. The highest BCUT2D eigenvalue weighted by atomic mass is 32.2. The highest BCUT2D eigenvalue weighted by Crippen LogP contribution is 2.41. The van der Waals surface area contributed by atoms with Crippen LogP contribution in [0, 0.1) is 11.7 Å². The molecular weight excluding hydrogens is 277 g/mol. The van der Waals surface area contributed by atoms with Crippen LogP contribution in [0.2, 0.25) is 0 Å². The molecule has 3 rings (SSSR count). The van der Waals surface area contributed by atoms with E-state index in [2.05, 4.69) is 4.90 Å². The molecule has 3 unspecified atom stereocenters. The van der Waals surface area contributed by atoms with E-state index in [1.54, 1.807) is 23.9 Å². The summed E-state index contributed by atoms with van der Waals surface area (Å²) in [6.45, 7) is 0.918. The number of hydrogen-bond acceptors (Lipinski definition) is 3. The standard InChI is InChI=1S/C15H18FNO2S/c16-10-1-4-12(5-2-10)20-8-7-17-11-3-6-14(17)13(9-11)15(18)19/h1-2,4-5,11,13-14H,3,6-9H2,(H,18,19). The molecule has 108 valence electrons. The number of carbonyl (C=O) groups is 1. The van der Waals surface area contributed by atoms with Crippen LogP contribution in [0.15, 0.2) is 29.2 Å². The van der Waals surface area contributed by atoms with Crippen molar-refractivity contribution in [2.24, 2.45) is 5.92 Å². The van der Waals surface area contributed by atoms with E-state index in [0.29, 0.717) is 6.04 Å². The smallest absolute Gasteiger partial charge is 0.308 e. The number of carboxylic acids is 1. The van der Waals surface area contributed by atoms with Crippen LogP contribution in [0.4, 0.5) is 4.39 Å². The van der Waals surface area contributed by atoms with Crippen molar-refractivity contribution >= 4 is 17.7 Å². The molecule has 0 aromatic heterocycles. The van der Waals surface area contributed by atoms with Crippen molar-refractivity contribution in [3.8, 4) is 0 Å². The SMILES string of the molecule is O=C(O)C1CC2CCC1N2CCSc1ccc(F)cc1. The molecule has 2 aliphatic heterocycles. The van der Waals surface area contributed by atoms with E-state index >= 15 is 0 Å². The number of nitrogens with zero attached hydrogens (tertiary/aromatic N) is 1. The minimum atomic E-state index is -0.645. The highest BCUT2D eigenvalue weighted by Gasteiger charge is 2.48. The molecule has 1 aromatic rings. The van der Waals surface area contributed by atoms with Crippen molar-refractivity contribution in [1.82, 2.24) is 4.90 Å². The monoisotopic (exact) mass is 295 g/mol. The van der Waals surface area contributed by atoms with E-state index in [0.717, 1.165) is 36.5 Å². The fourth-order valence-corrected chi connectivity index (χ4v) is 4.38. The Morgan fingerprint density at radius 1 is 1.35 bits per heavy atom. The van der Waals surface area contributed by atoms with E-state index in [4.69, 9.17) is 0 Å². The second-order valence-electron chi connectivity index (χ2n) is 5.52. The maximum absolute atomic E-state index is 12.8. The third-order valence-electron chi connectivity index (χ3n) is 4.43. The molecule has 5 heteroatoms. The van der Waals surface area contributed by atoms with Gasteiger partial charge >= 0.3 is 5.97 Å². The minimum absolute atomic E-state index is 0.176. The quantitative estimate of drug-likeness (QED) is 0.848. The summed E-state index contributed by atoms with van der Waals surface area (Å²) in [6, 6.07) is 7.21. The van der Waals surface area contributed by atoms with E-state index in [9.17, 15) is 14.3 Å². The van der Waals surface area contributed by atoms with Gasteiger partial charge in [-0.05, 0) is 43.5 Å². The van der Waals surface area contributed by atoms with Gasteiger partial charge in [0, 0.05) is 29.3 Å². The van der Waals surface area contributed by atoms with Crippen LogP contribution in [0.3, 0.4) is 0 Å². The first-order chi connectivity index (χ1) is 9.65. The van der Waals surface area contributed by atoms with Gasteiger partial charge in [-0.1, -0.05) is 0 Å². The molecule has 0 amide bonds. The van der Waals surface area contributed by atoms with Crippen LogP contribution in [0.25, 0.3) is 0 Å². The number of carboxylic acid groups (broad SMARTS) is 1. The van der Waals surface area contributed by atoms with Crippen LogP contribution >= 0.6 is 11.8 Å². The summed E-state index contributed by atoms with van der Waals surface area (Å²) >= 11 is 1.70. The number of halogens is 1. The number of rotatable bonds is 5. The summed E-state index contributed by atoms with van der Waals surface area (Å²) in [7, 11) is 0. The zero-order valence-electron chi connectivity index (χ0n) is 11.2. The number of aliphatic carboxylic acids is 1. The normalized spacial score (nSPS) is 28.9. The summed E-state index contributed by atoms with van der Waals surface area (Å²) in [6.07, 6.45) is 2.96. The van der Waals surface area contributed by atoms with Crippen molar-refractivity contribution in [2.45, 2.75) is 36.2 Å². The van der Waals surface area contributed by atoms with E-state index < -0.39 is 5.97 Å². The van der Waals surface area contributed by atoms with Crippen LogP contribution in [0.5, 0.6) is 0 Å². The molecule has 3 atom stereocenters. The molecule has 1 N–H and O–H groups in total. The lowest BCUT2D eigenvalue weighted by molar-refractivity contribution is -0.142. The first kappa shape index (κ1) is 13.9. The second-order valence-corrected chi connectivity index (χ2v) is 6.69. The van der Waals surface area contributed by atoms with Gasteiger partial charge in [0.15, 0.2) is 0 Å². The molecule has 2 saturated heterocycles. The van der Waals surface area contributed by atoms with Crippen LogP contribution in [-0.4, -0.2) is 40.4 Å². The van der Waals surface area contributed by atoms with Gasteiger partial charge in [-0.2, -0.15) is 0 Å². The molecule has 2 fully saturated rings. The van der Waals surface area contributed by atoms with E-state index in [1.807, 2.05) is 0 Å². The summed E-state index contributed by atoms with van der Waals surface area (Å²) in [5.41, 5.74) is 0. The summed E-state index contributed by atoms with van der Waals surface area (Å²) in [4.78, 5) is 14.6. The Morgan fingerprint density at radius 3 is 2.75 bits per heavy atom. The molecule has 1 aromatic carbocycles. The zero-order chi connectivity index (χ0) is 14.1. The first-order valence-electron chi connectivity index (χ1n) is 7.02.